The lowest BCUT2D eigenvalue weighted by atomic mass is 9.74. The van der Waals surface area contributed by atoms with E-state index in [1.54, 1.807) is 4.90 Å². The summed E-state index contributed by atoms with van der Waals surface area (Å²) in [5.74, 6) is -1.31. The fourth-order valence-corrected chi connectivity index (χ4v) is 5.91. The molecule has 2 saturated heterocycles. The summed E-state index contributed by atoms with van der Waals surface area (Å²) in [7, 11) is 0. The van der Waals surface area contributed by atoms with Crippen LogP contribution in [0, 0.1) is 17.8 Å². The average Bonchev–Trinajstić information content (AvgIpc) is 3.25. The molecule has 2 aliphatic carbocycles. The standard InChI is InChI=1S/C23H33N3O4/c1-13(2)12-26-19(21(28)25-14-6-4-3-5-7-14)23-11-10-16(30-23)17(18(23)22(26)29)20(27)24-15-8-9-15/h10-11,13-19H,3-9,12H2,1-2H3,(H,24,27)(H,25,28)/t16-,17+,18-,19-,23+/m1/s1. The third kappa shape index (κ3) is 3.17. The van der Waals surface area contributed by atoms with Crippen LogP contribution in [0.25, 0.3) is 0 Å². The number of rotatable bonds is 6. The molecule has 3 heterocycles. The lowest BCUT2D eigenvalue weighted by molar-refractivity contribution is -0.142. The van der Waals surface area contributed by atoms with Gasteiger partial charge in [0.25, 0.3) is 0 Å². The second-order valence-corrected chi connectivity index (χ2v) is 10.2. The smallest absolute Gasteiger partial charge is 0.246 e. The monoisotopic (exact) mass is 415 g/mol. The highest BCUT2D eigenvalue weighted by Crippen LogP contribution is 2.55. The molecule has 7 heteroatoms. The fraction of sp³-hybridized carbons (Fsp3) is 0.783. The minimum Gasteiger partial charge on any atom is -0.359 e. The zero-order chi connectivity index (χ0) is 21.0. The average molecular weight is 416 g/mol. The summed E-state index contributed by atoms with van der Waals surface area (Å²) in [6.07, 6.45) is 10.8. The molecule has 5 atom stereocenters. The molecule has 0 radical (unpaired) electrons. The van der Waals surface area contributed by atoms with Gasteiger partial charge in [0.05, 0.1) is 17.9 Å². The minimum atomic E-state index is -1.03. The third-order valence-corrected chi connectivity index (χ3v) is 7.36. The van der Waals surface area contributed by atoms with Crippen LogP contribution in [0.2, 0.25) is 0 Å². The van der Waals surface area contributed by atoms with Crippen molar-refractivity contribution in [1.29, 1.82) is 0 Å². The Morgan fingerprint density at radius 3 is 2.43 bits per heavy atom. The van der Waals surface area contributed by atoms with Crippen LogP contribution in [0.15, 0.2) is 12.2 Å². The molecule has 5 aliphatic rings. The van der Waals surface area contributed by atoms with Crippen molar-refractivity contribution in [3.63, 3.8) is 0 Å². The van der Waals surface area contributed by atoms with Crippen LogP contribution in [0.5, 0.6) is 0 Å². The van der Waals surface area contributed by atoms with Crippen molar-refractivity contribution in [2.45, 2.75) is 88.6 Å². The lowest BCUT2D eigenvalue weighted by Crippen LogP contribution is -2.57. The first-order valence-electron chi connectivity index (χ1n) is 11.7. The van der Waals surface area contributed by atoms with Crippen molar-refractivity contribution in [1.82, 2.24) is 15.5 Å². The van der Waals surface area contributed by atoms with Crippen LogP contribution >= 0.6 is 0 Å². The maximum atomic E-state index is 13.6. The quantitative estimate of drug-likeness (QED) is 0.644. The first kappa shape index (κ1) is 20.0. The fourth-order valence-electron chi connectivity index (χ4n) is 5.91. The molecule has 3 aliphatic heterocycles. The zero-order valence-corrected chi connectivity index (χ0v) is 17.9. The van der Waals surface area contributed by atoms with Crippen molar-refractivity contribution < 1.29 is 19.1 Å². The van der Waals surface area contributed by atoms with E-state index in [9.17, 15) is 14.4 Å². The Hall–Kier alpha value is -1.89. The largest absolute Gasteiger partial charge is 0.359 e. The highest BCUT2D eigenvalue weighted by Gasteiger charge is 2.72. The molecule has 4 fully saturated rings. The van der Waals surface area contributed by atoms with Crippen molar-refractivity contribution in [2.24, 2.45) is 17.8 Å². The van der Waals surface area contributed by atoms with Crippen LogP contribution in [-0.2, 0) is 19.1 Å². The number of ether oxygens (including phenoxy) is 1. The molecule has 2 saturated carbocycles. The van der Waals surface area contributed by atoms with E-state index in [1.165, 1.54) is 6.42 Å². The molecular formula is C23H33N3O4. The molecule has 0 aromatic heterocycles. The Morgan fingerprint density at radius 2 is 1.77 bits per heavy atom. The predicted molar refractivity (Wildman–Crippen MR) is 110 cm³/mol. The van der Waals surface area contributed by atoms with Gasteiger partial charge in [0.1, 0.15) is 11.6 Å². The van der Waals surface area contributed by atoms with Crippen molar-refractivity contribution in [3.05, 3.63) is 12.2 Å². The topological polar surface area (TPSA) is 87.7 Å². The highest BCUT2D eigenvalue weighted by molar-refractivity contribution is 6.00. The van der Waals surface area contributed by atoms with E-state index in [1.807, 2.05) is 26.0 Å². The molecule has 0 aromatic carbocycles. The van der Waals surface area contributed by atoms with Crippen LogP contribution in [0.1, 0.15) is 58.8 Å². The van der Waals surface area contributed by atoms with E-state index in [0.717, 1.165) is 38.5 Å². The first-order chi connectivity index (χ1) is 14.4. The van der Waals surface area contributed by atoms with Crippen LogP contribution in [0.4, 0.5) is 0 Å². The maximum Gasteiger partial charge on any atom is 0.246 e. The van der Waals surface area contributed by atoms with Gasteiger partial charge in [-0.15, -0.1) is 0 Å². The van der Waals surface area contributed by atoms with Crippen molar-refractivity contribution in [2.75, 3.05) is 6.54 Å². The first-order valence-corrected chi connectivity index (χ1v) is 11.7. The molecule has 5 rings (SSSR count). The number of carbonyl (C=O) groups excluding carboxylic acids is 3. The SMILES string of the molecule is CC(C)CN1C(=O)[C@H]2[C@@H](C(=O)NC3CC3)[C@H]3C=C[C@@]2(O3)[C@H]1C(=O)NC1CCCCC1. The van der Waals surface area contributed by atoms with Crippen LogP contribution in [-0.4, -0.2) is 59.0 Å². The number of hydrogen-bond donors (Lipinski definition) is 2. The predicted octanol–water partition coefficient (Wildman–Crippen LogP) is 1.52. The number of hydrogen-bond acceptors (Lipinski definition) is 4. The second-order valence-electron chi connectivity index (χ2n) is 10.2. The van der Waals surface area contributed by atoms with Crippen LogP contribution < -0.4 is 10.6 Å². The molecule has 0 unspecified atom stereocenters. The molecule has 0 aromatic rings. The number of likely N-dealkylation sites (tertiary alicyclic amines) is 1. The molecule has 2 bridgehead atoms. The van der Waals surface area contributed by atoms with Crippen molar-refractivity contribution in [3.8, 4) is 0 Å². The van der Waals surface area contributed by atoms with E-state index in [2.05, 4.69) is 10.6 Å². The Morgan fingerprint density at radius 1 is 1.10 bits per heavy atom. The van der Waals surface area contributed by atoms with Gasteiger partial charge >= 0.3 is 0 Å². The molecule has 2 N–H and O–H groups in total. The van der Waals surface area contributed by atoms with Gasteiger partial charge in [-0.3, -0.25) is 14.4 Å². The van der Waals surface area contributed by atoms with Gasteiger partial charge in [-0.05, 0) is 31.6 Å². The molecule has 30 heavy (non-hydrogen) atoms. The summed E-state index contributed by atoms with van der Waals surface area (Å²) >= 11 is 0. The zero-order valence-electron chi connectivity index (χ0n) is 17.9. The van der Waals surface area contributed by atoms with Gasteiger partial charge in [-0.2, -0.15) is 0 Å². The number of nitrogens with one attached hydrogen (secondary N) is 2. The Balaban J connectivity index is 1.44. The molecule has 7 nitrogen and oxygen atoms in total. The molecular weight excluding hydrogens is 382 g/mol. The Bertz CT molecular complexity index is 770. The van der Waals surface area contributed by atoms with E-state index in [0.29, 0.717) is 6.54 Å². The summed E-state index contributed by atoms with van der Waals surface area (Å²) in [6, 6.07) is -0.321. The minimum absolute atomic E-state index is 0.107. The van der Waals surface area contributed by atoms with Crippen molar-refractivity contribution >= 4 is 17.7 Å². The van der Waals surface area contributed by atoms with Gasteiger partial charge in [-0.25, -0.2) is 0 Å². The van der Waals surface area contributed by atoms with E-state index < -0.39 is 29.6 Å². The Kier molecular flexibility index (Phi) is 4.92. The lowest BCUT2D eigenvalue weighted by Gasteiger charge is -2.34. The van der Waals surface area contributed by atoms with Gasteiger partial charge < -0.3 is 20.3 Å². The maximum absolute atomic E-state index is 13.6. The van der Waals surface area contributed by atoms with E-state index in [4.69, 9.17) is 4.74 Å². The number of nitrogens with zero attached hydrogens (tertiary/aromatic N) is 1. The second kappa shape index (κ2) is 7.36. The number of carbonyl (C=O) groups is 3. The van der Waals surface area contributed by atoms with E-state index in [-0.39, 0.29) is 35.7 Å². The molecule has 1 spiro atoms. The van der Waals surface area contributed by atoms with E-state index >= 15 is 0 Å². The summed E-state index contributed by atoms with van der Waals surface area (Å²) in [5.41, 5.74) is -1.03. The summed E-state index contributed by atoms with van der Waals surface area (Å²) in [6.45, 7) is 4.57. The third-order valence-electron chi connectivity index (χ3n) is 7.36. The van der Waals surface area contributed by atoms with Crippen LogP contribution in [0.3, 0.4) is 0 Å². The summed E-state index contributed by atoms with van der Waals surface area (Å²) in [4.78, 5) is 41.8. The van der Waals surface area contributed by atoms with Gasteiger partial charge in [0, 0.05) is 18.6 Å². The number of fused-ring (bicyclic) bond motifs is 1. The summed E-state index contributed by atoms with van der Waals surface area (Å²) < 4.78 is 6.33. The molecule has 3 amide bonds. The number of amides is 3. The van der Waals surface area contributed by atoms with Gasteiger partial charge in [0.15, 0.2) is 0 Å². The van der Waals surface area contributed by atoms with Gasteiger partial charge in [-0.1, -0.05) is 45.3 Å². The van der Waals surface area contributed by atoms with Gasteiger partial charge in [0.2, 0.25) is 17.7 Å². The Labute approximate surface area is 178 Å². The summed E-state index contributed by atoms with van der Waals surface area (Å²) in [5, 5.41) is 6.27. The normalized spacial score (nSPS) is 37.7. The highest BCUT2D eigenvalue weighted by atomic mass is 16.5. The molecule has 164 valence electrons.